The number of alkyl halides is 2. The number of hydrogen-bond donors (Lipinski definition) is 0. The third kappa shape index (κ3) is 4.75. The lowest BCUT2D eigenvalue weighted by Crippen LogP contribution is -1.88. The highest BCUT2D eigenvalue weighted by Gasteiger charge is 1.99. The summed E-state index contributed by atoms with van der Waals surface area (Å²) >= 11 is 6.96. The summed E-state index contributed by atoms with van der Waals surface area (Å²) in [5, 5.41) is 2.15. The second kappa shape index (κ2) is 8.63. The van der Waals surface area contributed by atoms with E-state index in [1.807, 2.05) is 0 Å². The van der Waals surface area contributed by atoms with Gasteiger partial charge in [0.25, 0.3) is 0 Å². The van der Waals surface area contributed by atoms with E-state index in [2.05, 4.69) is 80.4 Å². The lowest BCUT2D eigenvalue weighted by atomic mass is 10.0. The Morgan fingerprint density at radius 2 is 0.900 bits per heavy atom. The molecular formula is C18H20Br2. The van der Waals surface area contributed by atoms with Crippen LogP contribution in [0.4, 0.5) is 0 Å². The quantitative estimate of drug-likeness (QED) is 0.503. The first-order chi connectivity index (χ1) is 9.83. The molecule has 0 aliphatic rings. The minimum Gasteiger partial charge on any atom is -0.0928 e. The van der Waals surface area contributed by atoms with E-state index in [0.29, 0.717) is 0 Å². The van der Waals surface area contributed by atoms with E-state index in [-0.39, 0.29) is 0 Å². The molecule has 0 aromatic heterocycles. The van der Waals surface area contributed by atoms with Crippen LogP contribution in [0.1, 0.15) is 24.0 Å². The lowest BCUT2D eigenvalue weighted by molar-refractivity contribution is 0.939. The zero-order valence-corrected chi connectivity index (χ0v) is 14.8. The highest BCUT2D eigenvalue weighted by atomic mass is 79.9. The Bertz CT molecular complexity index is 450. The highest BCUT2D eigenvalue weighted by molar-refractivity contribution is 9.09. The Hall–Kier alpha value is -0.600. The fourth-order valence-electron chi connectivity index (χ4n) is 2.27. The summed E-state index contributed by atoms with van der Waals surface area (Å²) in [4.78, 5) is 0. The summed E-state index contributed by atoms with van der Waals surface area (Å²) in [5.41, 5.74) is 5.45. The molecule has 0 amide bonds. The van der Waals surface area contributed by atoms with Crippen molar-refractivity contribution in [3.05, 3.63) is 59.7 Å². The van der Waals surface area contributed by atoms with Gasteiger partial charge >= 0.3 is 0 Å². The normalized spacial score (nSPS) is 10.7. The Balaban J connectivity index is 2.03. The second-order valence-electron chi connectivity index (χ2n) is 4.98. The van der Waals surface area contributed by atoms with Gasteiger partial charge in [-0.2, -0.15) is 0 Å². The maximum Gasteiger partial charge on any atom is 0.00344 e. The zero-order chi connectivity index (χ0) is 14.2. The molecule has 0 nitrogen and oxygen atoms in total. The lowest BCUT2D eigenvalue weighted by Gasteiger charge is -2.06. The van der Waals surface area contributed by atoms with Crippen molar-refractivity contribution in [1.29, 1.82) is 0 Å². The van der Waals surface area contributed by atoms with Crippen LogP contribution in [0.5, 0.6) is 0 Å². The summed E-state index contributed by atoms with van der Waals surface area (Å²) in [6, 6.07) is 17.9. The van der Waals surface area contributed by atoms with Crippen molar-refractivity contribution in [1.82, 2.24) is 0 Å². The number of hydrogen-bond acceptors (Lipinski definition) is 0. The van der Waals surface area contributed by atoms with Crippen LogP contribution in [0.2, 0.25) is 0 Å². The van der Waals surface area contributed by atoms with Crippen molar-refractivity contribution in [3.63, 3.8) is 0 Å². The molecular weight excluding hydrogens is 376 g/mol. The van der Waals surface area contributed by atoms with E-state index in [1.54, 1.807) is 0 Å². The molecule has 106 valence electrons. The van der Waals surface area contributed by atoms with Crippen LogP contribution in [0.15, 0.2) is 48.5 Å². The largest absolute Gasteiger partial charge is 0.0928 e. The molecule has 0 radical (unpaired) electrons. The molecule has 0 N–H and O–H groups in total. The number of aryl methyl sites for hydroxylation is 2. The summed E-state index contributed by atoms with van der Waals surface area (Å²) < 4.78 is 0. The molecule has 0 spiro atoms. The van der Waals surface area contributed by atoms with Crippen LogP contribution >= 0.6 is 31.9 Å². The van der Waals surface area contributed by atoms with E-state index < -0.39 is 0 Å². The van der Waals surface area contributed by atoms with E-state index in [0.717, 1.165) is 23.5 Å². The predicted octanol–water partition coefficient (Wildman–Crippen LogP) is 6.01. The number of benzene rings is 2. The van der Waals surface area contributed by atoms with Gasteiger partial charge in [-0.1, -0.05) is 80.4 Å². The van der Waals surface area contributed by atoms with Crippen molar-refractivity contribution < 1.29 is 0 Å². The van der Waals surface area contributed by atoms with Crippen LogP contribution in [-0.4, -0.2) is 10.7 Å². The van der Waals surface area contributed by atoms with E-state index in [9.17, 15) is 0 Å². The minimum absolute atomic E-state index is 1.07. The summed E-state index contributed by atoms with van der Waals surface area (Å²) in [6.07, 6.45) is 4.69. The number of halogens is 2. The van der Waals surface area contributed by atoms with Crippen molar-refractivity contribution in [3.8, 4) is 11.1 Å². The Morgan fingerprint density at radius 1 is 0.550 bits per heavy atom. The van der Waals surface area contributed by atoms with Gasteiger partial charge in [0, 0.05) is 10.7 Å². The Kier molecular flexibility index (Phi) is 6.81. The van der Waals surface area contributed by atoms with Gasteiger partial charge in [0.2, 0.25) is 0 Å². The fraction of sp³-hybridized carbons (Fsp3) is 0.333. The molecule has 0 saturated heterocycles. The van der Waals surface area contributed by atoms with Gasteiger partial charge in [-0.15, -0.1) is 0 Å². The SMILES string of the molecule is BrCCCc1ccc(-c2ccc(CCCBr)cc2)cc1. The third-order valence-corrected chi connectivity index (χ3v) is 4.56. The molecule has 20 heavy (non-hydrogen) atoms. The van der Waals surface area contributed by atoms with Crippen LogP contribution in [0.25, 0.3) is 11.1 Å². The van der Waals surface area contributed by atoms with Crippen LogP contribution < -0.4 is 0 Å². The van der Waals surface area contributed by atoms with Gasteiger partial charge in [-0.25, -0.2) is 0 Å². The van der Waals surface area contributed by atoms with Crippen molar-refractivity contribution in [2.45, 2.75) is 25.7 Å². The fourth-order valence-corrected chi connectivity index (χ4v) is 2.83. The first-order valence-electron chi connectivity index (χ1n) is 7.13. The first kappa shape index (κ1) is 15.8. The molecule has 0 atom stereocenters. The second-order valence-corrected chi connectivity index (χ2v) is 6.56. The van der Waals surface area contributed by atoms with Crippen molar-refractivity contribution in [2.75, 3.05) is 10.7 Å². The first-order valence-corrected chi connectivity index (χ1v) is 9.38. The van der Waals surface area contributed by atoms with Crippen molar-refractivity contribution >= 4 is 31.9 Å². The predicted molar refractivity (Wildman–Crippen MR) is 96.1 cm³/mol. The summed E-state index contributed by atoms with van der Waals surface area (Å²) in [5.74, 6) is 0. The molecule has 0 bridgehead atoms. The van der Waals surface area contributed by atoms with Gasteiger partial charge in [0.15, 0.2) is 0 Å². The maximum absolute atomic E-state index is 3.48. The van der Waals surface area contributed by atoms with Gasteiger partial charge in [-0.3, -0.25) is 0 Å². The van der Waals surface area contributed by atoms with E-state index in [1.165, 1.54) is 35.1 Å². The smallest absolute Gasteiger partial charge is 0.00344 e. The van der Waals surface area contributed by atoms with E-state index >= 15 is 0 Å². The van der Waals surface area contributed by atoms with Gasteiger partial charge in [0.1, 0.15) is 0 Å². The third-order valence-electron chi connectivity index (χ3n) is 3.44. The van der Waals surface area contributed by atoms with Gasteiger partial charge in [0.05, 0.1) is 0 Å². The highest BCUT2D eigenvalue weighted by Crippen LogP contribution is 2.21. The average molecular weight is 396 g/mol. The summed E-state index contributed by atoms with van der Waals surface area (Å²) in [7, 11) is 0. The Morgan fingerprint density at radius 3 is 1.20 bits per heavy atom. The van der Waals surface area contributed by atoms with Crippen LogP contribution in [0, 0.1) is 0 Å². The van der Waals surface area contributed by atoms with Crippen molar-refractivity contribution in [2.24, 2.45) is 0 Å². The molecule has 2 heteroatoms. The maximum atomic E-state index is 3.48. The molecule has 0 unspecified atom stereocenters. The molecule has 2 aromatic rings. The molecule has 0 fully saturated rings. The molecule has 0 aliphatic carbocycles. The number of rotatable bonds is 7. The zero-order valence-electron chi connectivity index (χ0n) is 11.6. The Labute approximate surface area is 138 Å². The molecule has 0 saturated carbocycles. The monoisotopic (exact) mass is 394 g/mol. The molecule has 2 aromatic carbocycles. The topological polar surface area (TPSA) is 0 Å². The average Bonchev–Trinajstić information content (AvgIpc) is 2.52. The standard InChI is InChI=1S/C18H20Br2/c19-13-1-3-15-5-9-17(10-6-15)18-11-7-16(8-12-18)4-2-14-20/h5-12H,1-4,13-14H2. The van der Waals surface area contributed by atoms with Crippen LogP contribution in [-0.2, 0) is 12.8 Å². The van der Waals surface area contributed by atoms with Gasteiger partial charge < -0.3 is 0 Å². The summed E-state index contributed by atoms with van der Waals surface area (Å²) in [6.45, 7) is 0. The van der Waals surface area contributed by atoms with Gasteiger partial charge in [-0.05, 0) is 47.9 Å². The van der Waals surface area contributed by atoms with E-state index in [4.69, 9.17) is 0 Å². The molecule has 0 aliphatic heterocycles. The molecule has 0 heterocycles. The minimum atomic E-state index is 1.07. The van der Waals surface area contributed by atoms with Crippen LogP contribution in [0.3, 0.4) is 0 Å². The molecule has 2 rings (SSSR count).